The van der Waals surface area contributed by atoms with Crippen LogP contribution in [0.15, 0.2) is 35.2 Å². The van der Waals surface area contributed by atoms with E-state index < -0.39 is 9.84 Å². The topological polar surface area (TPSA) is 34.1 Å². The third-order valence-electron chi connectivity index (χ3n) is 3.44. The van der Waals surface area contributed by atoms with E-state index in [1.54, 1.807) is 0 Å². The summed E-state index contributed by atoms with van der Waals surface area (Å²) in [4.78, 5) is 0.558. The first-order valence-electron chi connectivity index (χ1n) is 5.81. The maximum absolute atomic E-state index is 12.0. The Balaban J connectivity index is 2.52. The average Bonchev–Trinajstić information content (AvgIpc) is 2.71. The number of hydrogen-bond donors (Lipinski definition) is 0. The third kappa shape index (κ3) is 1.65. The maximum atomic E-state index is 12.0. The molecule has 0 saturated carbocycles. The van der Waals surface area contributed by atoms with Crippen LogP contribution in [-0.4, -0.2) is 14.7 Å². The van der Waals surface area contributed by atoms with E-state index in [1.807, 2.05) is 24.3 Å². The summed E-state index contributed by atoms with van der Waals surface area (Å²) in [5, 5.41) is 1.91. The minimum absolute atomic E-state index is 0.558. The summed E-state index contributed by atoms with van der Waals surface area (Å²) in [6.45, 7) is 0. The van der Waals surface area contributed by atoms with E-state index in [1.165, 1.54) is 11.8 Å². The summed E-state index contributed by atoms with van der Waals surface area (Å²) >= 11 is 0. The molecule has 0 fully saturated rings. The van der Waals surface area contributed by atoms with Crippen LogP contribution >= 0.6 is 0 Å². The number of fused-ring (bicyclic) bond motifs is 2. The van der Waals surface area contributed by atoms with Gasteiger partial charge < -0.3 is 0 Å². The van der Waals surface area contributed by atoms with E-state index in [2.05, 4.69) is 6.07 Å². The van der Waals surface area contributed by atoms with Crippen molar-refractivity contribution in [2.75, 3.05) is 6.26 Å². The minimum atomic E-state index is -3.15. The number of benzene rings is 2. The SMILES string of the molecule is CS(=O)(=O)c1c2c(cc3ccccc13)CCC2. The highest BCUT2D eigenvalue weighted by Crippen LogP contribution is 2.34. The molecular formula is C14H14O2S. The van der Waals surface area contributed by atoms with Gasteiger partial charge in [-0.3, -0.25) is 0 Å². The molecule has 0 aliphatic heterocycles. The second kappa shape index (κ2) is 3.57. The van der Waals surface area contributed by atoms with Gasteiger partial charge in [-0.2, -0.15) is 0 Å². The van der Waals surface area contributed by atoms with Crippen molar-refractivity contribution in [1.82, 2.24) is 0 Å². The average molecular weight is 246 g/mol. The molecule has 3 rings (SSSR count). The molecule has 0 amide bonds. The van der Waals surface area contributed by atoms with E-state index in [0.717, 1.165) is 35.6 Å². The number of aryl methyl sites for hydroxylation is 1. The van der Waals surface area contributed by atoms with E-state index >= 15 is 0 Å². The Morgan fingerprint density at radius 2 is 1.88 bits per heavy atom. The molecule has 1 aliphatic rings. The van der Waals surface area contributed by atoms with Gasteiger partial charge in [0.15, 0.2) is 9.84 Å². The van der Waals surface area contributed by atoms with Crippen molar-refractivity contribution in [3.63, 3.8) is 0 Å². The van der Waals surface area contributed by atoms with E-state index in [-0.39, 0.29) is 0 Å². The zero-order valence-corrected chi connectivity index (χ0v) is 10.5. The van der Waals surface area contributed by atoms with Crippen molar-refractivity contribution in [2.24, 2.45) is 0 Å². The Hall–Kier alpha value is -1.35. The Labute approximate surface area is 101 Å². The second-order valence-electron chi connectivity index (χ2n) is 4.69. The van der Waals surface area contributed by atoms with Crippen molar-refractivity contribution in [3.8, 4) is 0 Å². The van der Waals surface area contributed by atoms with Gasteiger partial charge in [-0.25, -0.2) is 8.42 Å². The lowest BCUT2D eigenvalue weighted by Gasteiger charge is -2.11. The molecule has 1 aliphatic carbocycles. The molecule has 0 heterocycles. The zero-order chi connectivity index (χ0) is 12.0. The summed E-state index contributed by atoms with van der Waals surface area (Å²) in [6.07, 6.45) is 4.27. The van der Waals surface area contributed by atoms with Crippen molar-refractivity contribution in [1.29, 1.82) is 0 Å². The summed E-state index contributed by atoms with van der Waals surface area (Å²) in [6, 6.07) is 9.90. The summed E-state index contributed by atoms with van der Waals surface area (Å²) in [5.74, 6) is 0. The molecule has 0 bridgehead atoms. The zero-order valence-electron chi connectivity index (χ0n) is 9.73. The number of sulfone groups is 1. The first-order chi connectivity index (χ1) is 8.07. The minimum Gasteiger partial charge on any atom is -0.224 e. The predicted octanol–water partition coefficient (Wildman–Crippen LogP) is 2.73. The van der Waals surface area contributed by atoms with Crippen LogP contribution in [0.1, 0.15) is 17.5 Å². The first-order valence-corrected chi connectivity index (χ1v) is 7.70. The van der Waals surface area contributed by atoms with Gasteiger partial charge in [0.25, 0.3) is 0 Å². The van der Waals surface area contributed by atoms with Gasteiger partial charge in [0, 0.05) is 11.6 Å². The molecule has 88 valence electrons. The van der Waals surface area contributed by atoms with Crippen LogP contribution in [0.25, 0.3) is 10.8 Å². The van der Waals surface area contributed by atoms with Crippen LogP contribution in [0.5, 0.6) is 0 Å². The van der Waals surface area contributed by atoms with Gasteiger partial charge in [0.05, 0.1) is 4.90 Å². The summed E-state index contributed by atoms with van der Waals surface area (Å²) in [7, 11) is -3.15. The molecule has 2 aromatic carbocycles. The second-order valence-corrected chi connectivity index (χ2v) is 6.64. The van der Waals surface area contributed by atoms with Gasteiger partial charge >= 0.3 is 0 Å². The van der Waals surface area contributed by atoms with E-state index in [9.17, 15) is 8.42 Å². The van der Waals surface area contributed by atoms with E-state index in [0.29, 0.717) is 4.90 Å². The first kappa shape index (κ1) is 10.8. The highest BCUT2D eigenvalue weighted by atomic mass is 32.2. The normalized spacial score (nSPS) is 15.1. The molecule has 2 nitrogen and oxygen atoms in total. The highest BCUT2D eigenvalue weighted by Gasteiger charge is 2.23. The van der Waals surface area contributed by atoms with Gasteiger partial charge in [-0.05, 0) is 35.8 Å². The molecule has 0 unspecified atom stereocenters. The summed E-state index contributed by atoms with van der Waals surface area (Å²) in [5.41, 5.74) is 2.26. The fraction of sp³-hybridized carbons (Fsp3) is 0.286. The molecule has 0 saturated heterocycles. The van der Waals surface area contributed by atoms with Crippen LogP contribution in [0.4, 0.5) is 0 Å². The van der Waals surface area contributed by atoms with Crippen molar-refractivity contribution >= 4 is 20.6 Å². The lowest BCUT2D eigenvalue weighted by molar-refractivity contribution is 0.602. The quantitative estimate of drug-likeness (QED) is 0.775. The fourth-order valence-electron chi connectivity index (χ4n) is 2.79. The molecule has 0 spiro atoms. The lowest BCUT2D eigenvalue weighted by Crippen LogP contribution is -2.03. The van der Waals surface area contributed by atoms with Gasteiger partial charge in [-0.1, -0.05) is 30.3 Å². The Kier molecular flexibility index (Phi) is 2.26. The van der Waals surface area contributed by atoms with Crippen LogP contribution < -0.4 is 0 Å². The van der Waals surface area contributed by atoms with Crippen molar-refractivity contribution < 1.29 is 8.42 Å². The summed E-state index contributed by atoms with van der Waals surface area (Å²) < 4.78 is 24.0. The molecule has 0 N–H and O–H groups in total. The number of hydrogen-bond acceptors (Lipinski definition) is 2. The van der Waals surface area contributed by atoms with Gasteiger partial charge in [-0.15, -0.1) is 0 Å². The maximum Gasteiger partial charge on any atom is 0.176 e. The molecule has 0 atom stereocenters. The van der Waals surface area contributed by atoms with Crippen LogP contribution in [0, 0.1) is 0 Å². The predicted molar refractivity (Wildman–Crippen MR) is 69.1 cm³/mol. The third-order valence-corrected chi connectivity index (χ3v) is 4.65. The van der Waals surface area contributed by atoms with Gasteiger partial charge in [0.1, 0.15) is 0 Å². The Morgan fingerprint density at radius 1 is 1.12 bits per heavy atom. The largest absolute Gasteiger partial charge is 0.224 e. The Bertz CT molecular complexity index is 699. The molecule has 0 aromatic heterocycles. The molecule has 0 radical (unpaired) electrons. The Morgan fingerprint density at radius 3 is 2.65 bits per heavy atom. The molecule has 17 heavy (non-hydrogen) atoms. The van der Waals surface area contributed by atoms with E-state index in [4.69, 9.17) is 0 Å². The fourth-order valence-corrected chi connectivity index (χ4v) is 4.06. The van der Waals surface area contributed by atoms with Crippen LogP contribution in [0.3, 0.4) is 0 Å². The van der Waals surface area contributed by atoms with Crippen LogP contribution in [-0.2, 0) is 22.7 Å². The van der Waals surface area contributed by atoms with Crippen LogP contribution in [0.2, 0.25) is 0 Å². The molecule has 2 aromatic rings. The standard InChI is InChI=1S/C14H14O2S/c1-17(15,16)14-12-7-3-2-5-10(12)9-11-6-4-8-13(11)14/h2-3,5,7,9H,4,6,8H2,1H3. The number of rotatable bonds is 1. The monoisotopic (exact) mass is 246 g/mol. The van der Waals surface area contributed by atoms with Crippen molar-refractivity contribution in [3.05, 3.63) is 41.5 Å². The smallest absolute Gasteiger partial charge is 0.176 e. The lowest BCUT2D eigenvalue weighted by atomic mass is 10.0. The highest BCUT2D eigenvalue weighted by molar-refractivity contribution is 7.91. The van der Waals surface area contributed by atoms with Crippen molar-refractivity contribution in [2.45, 2.75) is 24.2 Å². The van der Waals surface area contributed by atoms with Gasteiger partial charge in [0.2, 0.25) is 0 Å². The molecule has 3 heteroatoms. The molecular weight excluding hydrogens is 232 g/mol.